The highest BCUT2D eigenvalue weighted by molar-refractivity contribution is 7.89. The Kier molecular flexibility index (Phi) is 4.18. The van der Waals surface area contributed by atoms with Crippen molar-refractivity contribution in [2.24, 2.45) is 7.05 Å². The SMILES string of the molecule is CCCCS(=O)(=O)N1CC[C@@H](c2nc3ccncc3n2C)C1. The van der Waals surface area contributed by atoms with Crippen LogP contribution in [-0.4, -0.2) is 46.1 Å². The summed E-state index contributed by atoms with van der Waals surface area (Å²) in [4.78, 5) is 8.81. The molecule has 1 aliphatic rings. The zero-order valence-corrected chi connectivity index (χ0v) is 13.9. The van der Waals surface area contributed by atoms with Gasteiger partial charge in [-0.1, -0.05) is 13.3 Å². The van der Waals surface area contributed by atoms with Crippen molar-refractivity contribution < 1.29 is 8.42 Å². The van der Waals surface area contributed by atoms with Crippen molar-refractivity contribution >= 4 is 21.1 Å². The molecule has 0 N–H and O–H groups in total. The van der Waals surface area contributed by atoms with Crippen molar-refractivity contribution in [2.45, 2.75) is 32.1 Å². The molecule has 0 bridgehead atoms. The number of unbranched alkanes of at least 4 members (excludes halogenated alkanes) is 1. The molecule has 7 heteroatoms. The molecule has 0 spiro atoms. The van der Waals surface area contributed by atoms with E-state index in [-0.39, 0.29) is 11.7 Å². The number of pyridine rings is 1. The number of fused-ring (bicyclic) bond motifs is 1. The third-order valence-corrected chi connectivity index (χ3v) is 6.31. The summed E-state index contributed by atoms with van der Waals surface area (Å²) in [5.41, 5.74) is 1.91. The lowest BCUT2D eigenvalue weighted by atomic mass is 10.1. The number of rotatable bonds is 5. The lowest BCUT2D eigenvalue weighted by Gasteiger charge is -2.16. The minimum Gasteiger partial charge on any atom is -0.330 e. The van der Waals surface area contributed by atoms with Gasteiger partial charge in [0.1, 0.15) is 5.82 Å². The molecule has 1 aliphatic heterocycles. The summed E-state index contributed by atoms with van der Waals surface area (Å²) in [5, 5.41) is 0. The molecule has 0 saturated carbocycles. The van der Waals surface area contributed by atoms with E-state index in [1.54, 1.807) is 16.7 Å². The summed E-state index contributed by atoms with van der Waals surface area (Å²) >= 11 is 0. The molecule has 1 atom stereocenters. The minimum absolute atomic E-state index is 0.161. The smallest absolute Gasteiger partial charge is 0.214 e. The molecule has 0 amide bonds. The maximum absolute atomic E-state index is 12.3. The van der Waals surface area contributed by atoms with E-state index in [2.05, 4.69) is 9.97 Å². The molecule has 0 radical (unpaired) electrons. The molecule has 2 aromatic heterocycles. The molecule has 120 valence electrons. The van der Waals surface area contributed by atoms with Crippen molar-refractivity contribution in [3.8, 4) is 0 Å². The lowest BCUT2D eigenvalue weighted by molar-refractivity contribution is 0.468. The molecule has 6 nitrogen and oxygen atoms in total. The Labute approximate surface area is 131 Å². The molecule has 0 aromatic carbocycles. The summed E-state index contributed by atoms with van der Waals surface area (Å²) in [6, 6.07) is 1.89. The Bertz CT molecular complexity index is 769. The second-order valence-corrected chi connectivity index (χ2v) is 8.00. The van der Waals surface area contributed by atoms with Crippen molar-refractivity contribution in [3.63, 3.8) is 0 Å². The first-order chi connectivity index (χ1) is 10.5. The van der Waals surface area contributed by atoms with Gasteiger partial charge in [0.15, 0.2) is 0 Å². The Morgan fingerprint density at radius 3 is 2.95 bits per heavy atom. The molecule has 0 aliphatic carbocycles. The van der Waals surface area contributed by atoms with Gasteiger partial charge < -0.3 is 4.57 Å². The molecule has 22 heavy (non-hydrogen) atoms. The van der Waals surface area contributed by atoms with E-state index in [9.17, 15) is 8.42 Å². The van der Waals surface area contributed by atoms with E-state index in [1.165, 1.54) is 0 Å². The Morgan fingerprint density at radius 2 is 2.23 bits per heavy atom. The minimum atomic E-state index is -3.12. The van der Waals surface area contributed by atoms with E-state index in [0.717, 1.165) is 36.1 Å². The van der Waals surface area contributed by atoms with E-state index >= 15 is 0 Å². The van der Waals surface area contributed by atoms with Crippen LogP contribution in [-0.2, 0) is 17.1 Å². The van der Waals surface area contributed by atoms with Gasteiger partial charge in [0.2, 0.25) is 10.0 Å². The first kappa shape index (κ1) is 15.4. The van der Waals surface area contributed by atoms with Crippen LogP contribution in [0.2, 0.25) is 0 Å². The van der Waals surface area contributed by atoms with E-state index in [0.29, 0.717) is 13.1 Å². The average molecular weight is 322 g/mol. The van der Waals surface area contributed by atoms with Crippen LogP contribution in [0.3, 0.4) is 0 Å². The summed E-state index contributed by atoms with van der Waals surface area (Å²) in [6.07, 6.45) is 5.98. The summed E-state index contributed by atoms with van der Waals surface area (Å²) in [6.45, 7) is 3.14. The summed E-state index contributed by atoms with van der Waals surface area (Å²) < 4.78 is 28.3. The topological polar surface area (TPSA) is 68.1 Å². The van der Waals surface area contributed by atoms with Crippen molar-refractivity contribution in [1.29, 1.82) is 0 Å². The van der Waals surface area contributed by atoms with Crippen LogP contribution in [0.5, 0.6) is 0 Å². The first-order valence-corrected chi connectivity index (χ1v) is 9.38. The monoisotopic (exact) mass is 322 g/mol. The number of nitrogens with zero attached hydrogens (tertiary/aromatic N) is 4. The molecule has 3 rings (SSSR count). The number of aryl methyl sites for hydroxylation is 1. The van der Waals surface area contributed by atoms with Crippen LogP contribution in [0, 0.1) is 0 Å². The van der Waals surface area contributed by atoms with Crippen molar-refractivity contribution in [3.05, 3.63) is 24.3 Å². The molecular formula is C15H22N4O2S. The maximum atomic E-state index is 12.3. The second kappa shape index (κ2) is 5.96. The van der Waals surface area contributed by atoms with Crippen molar-refractivity contribution in [2.75, 3.05) is 18.8 Å². The zero-order chi connectivity index (χ0) is 15.7. The number of sulfonamides is 1. The molecule has 1 fully saturated rings. The summed E-state index contributed by atoms with van der Waals surface area (Å²) in [5.74, 6) is 1.37. The van der Waals surface area contributed by atoms with Gasteiger partial charge in [0, 0.05) is 32.3 Å². The van der Waals surface area contributed by atoms with Crippen LogP contribution >= 0.6 is 0 Å². The molecule has 1 saturated heterocycles. The quantitative estimate of drug-likeness (QED) is 0.843. The van der Waals surface area contributed by atoms with Crippen LogP contribution < -0.4 is 0 Å². The fourth-order valence-electron chi connectivity index (χ4n) is 3.07. The number of imidazole rings is 1. The van der Waals surface area contributed by atoms with Crippen LogP contribution in [0.1, 0.15) is 37.9 Å². The first-order valence-electron chi connectivity index (χ1n) is 7.77. The zero-order valence-electron chi connectivity index (χ0n) is 13.1. The van der Waals surface area contributed by atoms with Gasteiger partial charge in [0.05, 0.1) is 23.0 Å². The number of aromatic nitrogens is 3. The van der Waals surface area contributed by atoms with Gasteiger partial charge in [-0.25, -0.2) is 17.7 Å². The molecule has 3 heterocycles. The predicted molar refractivity (Wildman–Crippen MR) is 86.1 cm³/mol. The van der Waals surface area contributed by atoms with Gasteiger partial charge in [-0.15, -0.1) is 0 Å². The Morgan fingerprint density at radius 1 is 1.41 bits per heavy atom. The number of hydrogen-bond donors (Lipinski definition) is 0. The van der Waals surface area contributed by atoms with Gasteiger partial charge in [-0.05, 0) is 18.9 Å². The molecular weight excluding hydrogens is 300 g/mol. The van der Waals surface area contributed by atoms with Gasteiger partial charge in [-0.2, -0.15) is 0 Å². The Hall–Kier alpha value is -1.47. The van der Waals surface area contributed by atoms with E-state index in [1.807, 2.05) is 24.6 Å². The van der Waals surface area contributed by atoms with Gasteiger partial charge in [0.25, 0.3) is 0 Å². The lowest BCUT2D eigenvalue weighted by Crippen LogP contribution is -2.31. The third kappa shape index (κ3) is 2.75. The fourth-order valence-corrected chi connectivity index (χ4v) is 4.77. The van der Waals surface area contributed by atoms with Gasteiger partial charge in [-0.3, -0.25) is 4.98 Å². The second-order valence-electron chi connectivity index (χ2n) is 5.91. The van der Waals surface area contributed by atoms with Crippen LogP contribution in [0.25, 0.3) is 11.0 Å². The standard InChI is InChI=1S/C15H22N4O2S/c1-3-4-9-22(20,21)19-8-6-12(11-19)15-17-13-5-7-16-10-14(13)18(15)2/h5,7,10,12H,3-4,6,8-9,11H2,1-2H3/t12-/m1/s1. The predicted octanol–water partition coefficient (Wildman–Crippen LogP) is 1.89. The maximum Gasteiger partial charge on any atom is 0.214 e. The third-order valence-electron chi connectivity index (χ3n) is 4.38. The van der Waals surface area contributed by atoms with Crippen LogP contribution in [0.4, 0.5) is 0 Å². The highest BCUT2D eigenvalue weighted by Crippen LogP contribution is 2.30. The largest absolute Gasteiger partial charge is 0.330 e. The molecule has 2 aromatic rings. The highest BCUT2D eigenvalue weighted by atomic mass is 32.2. The van der Waals surface area contributed by atoms with Crippen LogP contribution in [0.15, 0.2) is 18.5 Å². The normalized spacial score (nSPS) is 20.0. The average Bonchev–Trinajstić information content (AvgIpc) is 3.11. The van der Waals surface area contributed by atoms with Gasteiger partial charge >= 0.3 is 0 Å². The van der Waals surface area contributed by atoms with E-state index < -0.39 is 10.0 Å². The van der Waals surface area contributed by atoms with Crippen molar-refractivity contribution in [1.82, 2.24) is 18.8 Å². The fraction of sp³-hybridized carbons (Fsp3) is 0.600. The Balaban J connectivity index is 1.81. The summed E-state index contributed by atoms with van der Waals surface area (Å²) in [7, 11) is -1.15. The van der Waals surface area contributed by atoms with E-state index in [4.69, 9.17) is 0 Å². The molecule has 0 unspecified atom stereocenters. The highest BCUT2D eigenvalue weighted by Gasteiger charge is 2.33. The number of hydrogen-bond acceptors (Lipinski definition) is 4.